The number of hydrogen-bond donors (Lipinski definition) is 0. The Morgan fingerprint density at radius 2 is 1.67 bits per heavy atom. The number of piperidine rings is 1. The number of nitrogens with zero attached hydrogens (tertiary/aromatic N) is 1. The maximum absolute atomic E-state index is 2.89. The first kappa shape index (κ1) is 16.2. The molecule has 0 aromatic rings. The van der Waals surface area contributed by atoms with E-state index in [2.05, 4.69) is 32.6 Å². The highest BCUT2D eigenvalue weighted by Gasteiger charge is 2.57. The van der Waals surface area contributed by atoms with Crippen molar-refractivity contribution in [1.82, 2.24) is 4.90 Å². The molecule has 3 unspecified atom stereocenters. The first-order valence-corrected chi connectivity index (χ1v) is 10.9. The summed E-state index contributed by atoms with van der Waals surface area (Å²) in [6, 6.07) is 0. The third kappa shape index (κ3) is 2.22. The number of fused-ring (bicyclic) bond motifs is 2. The normalized spacial score (nSPS) is 55.2. The van der Waals surface area contributed by atoms with Gasteiger partial charge in [0.2, 0.25) is 0 Å². The summed E-state index contributed by atoms with van der Waals surface area (Å²) in [6.07, 6.45) is 13.9. The summed E-state index contributed by atoms with van der Waals surface area (Å²) in [6.45, 7) is 14.5. The number of hydrogen-bond acceptors (Lipinski definition) is 1. The Kier molecular flexibility index (Phi) is 3.24. The van der Waals surface area contributed by atoms with Crippen molar-refractivity contribution in [3.05, 3.63) is 0 Å². The van der Waals surface area contributed by atoms with Gasteiger partial charge in [0.25, 0.3) is 0 Å². The molecule has 4 atom stereocenters. The summed E-state index contributed by atoms with van der Waals surface area (Å²) in [5.41, 5.74) is 2.60. The van der Waals surface area contributed by atoms with Crippen molar-refractivity contribution in [3.8, 4) is 0 Å². The molecule has 24 heavy (non-hydrogen) atoms. The van der Waals surface area contributed by atoms with Gasteiger partial charge in [-0.3, -0.25) is 0 Å². The van der Waals surface area contributed by atoms with Crippen LogP contribution in [-0.2, 0) is 0 Å². The van der Waals surface area contributed by atoms with Crippen LogP contribution in [0, 0.1) is 39.4 Å². The van der Waals surface area contributed by atoms with E-state index in [1.807, 2.05) is 0 Å². The minimum Gasteiger partial charge on any atom is -0.302 e. The van der Waals surface area contributed by atoms with Gasteiger partial charge in [-0.1, -0.05) is 27.7 Å². The highest BCUT2D eigenvalue weighted by molar-refractivity contribution is 5.08. The summed E-state index contributed by atoms with van der Waals surface area (Å²) >= 11 is 0. The SMILES string of the molecule is CC12CC3CC(C1)CC(CCN1CC4CC[C@](C)(C1)C4(C)C)(C3)C2. The fraction of sp³-hybridized carbons (Fsp3) is 1.00. The molecule has 5 aliphatic carbocycles. The monoisotopic (exact) mass is 329 g/mol. The molecule has 1 heteroatoms. The Labute approximate surface area is 149 Å². The van der Waals surface area contributed by atoms with E-state index in [1.165, 1.54) is 38.9 Å². The van der Waals surface area contributed by atoms with Crippen molar-refractivity contribution in [3.63, 3.8) is 0 Å². The molecule has 136 valence electrons. The zero-order chi connectivity index (χ0) is 16.8. The predicted molar refractivity (Wildman–Crippen MR) is 101 cm³/mol. The molecule has 0 radical (unpaired) electrons. The largest absolute Gasteiger partial charge is 0.302 e. The summed E-state index contributed by atoms with van der Waals surface area (Å²) < 4.78 is 0. The molecule has 0 amide bonds. The lowest BCUT2D eigenvalue weighted by Gasteiger charge is -2.62. The molecule has 6 aliphatic rings. The van der Waals surface area contributed by atoms with E-state index in [1.54, 1.807) is 38.5 Å². The topological polar surface area (TPSA) is 3.24 Å². The van der Waals surface area contributed by atoms with Gasteiger partial charge in [0, 0.05) is 13.1 Å². The second kappa shape index (κ2) is 4.81. The first-order valence-electron chi connectivity index (χ1n) is 10.9. The maximum Gasteiger partial charge on any atom is 0.00407 e. The van der Waals surface area contributed by atoms with Gasteiger partial charge < -0.3 is 4.90 Å². The summed E-state index contributed by atoms with van der Waals surface area (Å²) in [5.74, 6) is 3.13. The van der Waals surface area contributed by atoms with E-state index >= 15 is 0 Å². The van der Waals surface area contributed by atoms with E-state index < -0.39 is 0 Å². The zero-order valence-corrected chi connectivity index (χ0v) is 16.7. The molecule has 1 heterocycles. The number of rotatable bonds is 3. The zero-order valence-electron chi connectivity index (χ0n) is 16.7. The van der Waals surface area contributed by atoms with Gasteiger partial charge in [-0.05, 0) is 104 Å². The highest BCUT2D eigenvalue weighted by Crippen LogP contribution is 2.66. The predicted octanol–water partition coefficient (Wildman–Crippen LogP) is 5.74. The number of likely N-dealkylation sites (tertiary alicyclic amines) is 1. The van der Waals surface area contributed by atoms with Crippen LogP contribution in [0.25, 0.3) is 0 Å². The van der Waals surface area contributed by atoms with Crippen LogP contribution in [0.3, 0.4) is 0 Å². The fourth-order valence-electron chi connectivity index (χ4n) is 8.93. The van der Waals surface area contributed by atoms with E-state index in [0.29, 0.717) is 10.8 Å². The van der Waals surface area contributed by atoms with Crippen LogP contribution in [-0.4, -0.2) is 24.5 Å². The highest BCUT2D eigenvalue weighted by atomic mass is 15.2. The third-order valence-corrected chi connectivity index (χ3v) is 10.1. The van der Waals surface area contributed by atoms with Gasteiger partial charge >= 0.3 is 0 Å². The standard InChI is InChI=1S/C23H39N/c1-20(2)19-5-6-22(20,4)16-24(14-19)8-7-23-12-17-9-18(13-23)11-21(3,10-17)15-23/h17-19H,5-16H2,1-4H3/t17?,18?,19?,21?,22-,23?/m1/s1. The van der Waals surface area contributed by atoms with Gasteiger partial charge in [0.1, 0.15) is 0 Å². The average molecular weight is 330 g/mol. The van der Waals surface area contributed by atoms with Gasteiger partial charge in [-0.25, -0.2) is 0 Å². The Hall–Kier alpha value is -0.0400. The molecular weight excluding hydrogens is 290 g/mol. The van der Waals surface area contributed by atoms with Gasteiger partial charge in [-0.15, -0.1) is 0 Å². The molecule has 6 fully saturated rings. The lowest BCUT2D eigenvalue weighted by Crippen LogP contribution is -2.54. The smallest absolute Gasteiger partial charge is 0.00407 e. The van der Waals surface area contributed by atoms with Gasteiger partial charge in [0.15, 0.2) is 0 Å². The second-order valence-corrected chi connectivity index (χ2v) is 12.3. The molecule has 5 saturated carbocycles. The second-order valence-electron chi connectivity index (χ2n) is 12.3. The molecular formula is C23H39N. The van der Waals surface area contributed by atoms with Crippen LogP contribution in [0.4, 0.5) is 0 Å². The third-order valence-electron chi connectivity index (χ3n) is 10.1. The summed E-state index contributed by atoms with van der Waals surface area (Å²) in [5, 5.41) is 0. The van der Waals surface area contributed by atoms with E-state index in [4.69, 9.17) is 0 Å². The Balaban J connectivity index is 1.28. The Morgan fingerprint density at radius 3 is 2.29 bits per heavy atom. The first-order chi connectivity index (χ1) is 11.2. The van der Waals surface area contributed by atoms with Crippen LogP contribution in [0.5, 0.6) is 0 Å². The molecule has 0 N–H and O–H groups in total. The molecule has 6 rings (SSSR count). The van der Waals surface area contributed by atoms with Crippen LogP contribution in [0.1, 0.15) is 85.5 Å². The lowest BCUT2D eigenvalue weighted by atomic mass is 9.44. The van der Waals surface area contributed by atoms with E-state index in [0.717, 1.165) is 28.6 Å². The lowest BCUT2D eigenvalue weighted by molar-refractivity contribution is -0.111. The molecule has 6 bridgehead atoms. The van der Waals surface area contributed by atoms with Crippen LogP contribution >= 0.6 is 0 Å². The Bertz CT molecular complexity index is 520. The van der Waals surface area contributed by atoms with Crippen LogP contribution < -0.4 is 0 Å². The molecule has 1 aliphatic heterocycles. The molecule has 1 nitrogen and oxygen atoms in total. The van der Waals surface area contributed by atoms with Crippen molar-refractivity contribution in [2.75, 3.05) is 19.6 Å². The summed E-state index contributed by atoms with van der Waals surface area (Å²) in [7, 11) is 0. The summed E-state index contributed by atoms with van der Waals surface area (Å²) in [4.78, 5) is 2.89. The van der Waals surface area contributed by atoms with Crippen molar-refractivity contribution < 1.29 is 0 Å². The minimum absolute atomic E-state index is 0.567. The molecule has 0 aromatic heterocycles. The van der Waals surface area contributed by atoms with Gasteiger partial charge in [-0.2, -0.15) is 0 Å². The molecule has 0 spiro atoms. The Morgan fingerprint density at radius 1 is 0.958 bits per heavy atom. The average Bonchev–Trinajstić information content (AvgIpc) is 2.59. The fourth-order valence-corrected chi connectivity index (χ4v) is 8.93. The van der Waals surface area contributed by atoms with Gasteiger partial charge in [0.05, 0.1) is 0 Å². The molecule has 1 saturated heterocycles. The van der Waals surface area contributed by atoms with Crippen molar-refractivity contribution >= 4 is 0 Å². The van der Waals surface area contributed by atoms with Crippen LogP contribution in [0.15, 0.2) is 0 Å². The van der Waals surface area contributed by atoms with E-state index in [-0.39, 0.29) is 0 Å². The van der Waals surface area contributed by atoms with Crippen molar-refractivity contribution in [2.45, 2.75) is 85.5 Å². The van der Waals surface area contributed by atoms with E-state index in [9.17, 15) is 0 Å². The van der Waals surface area contributed by atoms with Crippen molar-refractivity contribution in [1.29, 1.82) is 0 Å². The van der Waals surface area contributed by atoms with Crippen LogP contribution in [0.2, 0.25) is 0 Å². The minimum atomic E-state index is 0.567. The quantitative estimate of drug-likeness (QED) is 0.638. The molecule has 0 aromatic carbocycles. The maximum atomic E-state index is 2.89. The van der Waals surface area contributed by atoms with Crippen molar-refractivity contribution in [2.24, 2.45) is 39.4 Å².